The number of rotatable bonds is 9. The van der Waals surface area contributed by atoms with Crippen LogP contribution in [0.5, 0.6) is 5.75 Å². The van der Waals surface area contributed by atoms with E-state index in [2.05, 4.69) is 4.98 Å². The third kappa shape index (κ3) is 6.22. The first-order valence-electron chi connectivity index (χ1n) is 10.6. The summed E-state index contributed by atoms with van der Waals surface area (Å²) in [6.45, 7) is 5.25. The van der Waals surface area contributed by atoms with Gasteiger partial charge in [0.1, 0.15) is 10.8 Å². The number of carboxylic acid groups (broad SMARTS) is 1. The molecule has 3 aromatic rings. The largest absolute Gasteiger partial charge is 0.482 e. The zero-order valence-electron chi connectivity index (χ0n) is 18.9. The maximum absolute atomic E-state index is 12.9. The predicted octanol–water partition coefficient (Wildman–Crippen LogP) is 6.54. The van der Waals surface area contributed by atoms with Crippen molar-refractivity contribution >= 4 is 23.1 Å². The van der Waals surface area contributed by atoms with Gasteiger partial charge in [-0.3, -0.25) is 4.79 Å². The molecule has 9 heteroatoms. The molecule has 0 spiro atoms. The van der Waals surface area contributed by atoms with Crippen LogP contribution >= 0.6 is 11.3 Å². The van der Waals surface area contributed by atoms with Crippen LogP contribution in [0, 0.1) is 6.92 Å². The summed E-state index contributed by atoms with van der Waals surface area (Å²) in [4.78, 5) is 29.0. The van der Waals surface area contributed by atoms with E-state index in [1.165, 1.54) is 23.5 Å². The van der Waals surface area contributed by atoms with Gasteiger partial charge in [-0.25, -0.2) is 9.78 Å². The van der Waals surface area contributed by atoms with Gasteiger partial charge >= 0.3 is 12.1 Å². The number of alkyl halides is 3. The summed E-state index contributed by atoms with van der Waals surface area (Å²) in [5.74, 6) is -0.657. The minimum Gasteiger partial charge on any atom is -0.482 e. The van der Waals surface area contributed by atoms with Gasteiger partial charge in [0.2, 0.25) is 0 Å². The Labute approximate surface area is 199 Å². The average molecular weight is 492 g/mol. The van der Waals surface area contributed by atoms with Gasteiger partial charge < -0.3 is 9.84 Å². The summed E-state index contributed by atoms with van der Waals surface area (Å²) < 4.78 is 43.8. The molecule has 0 radical (unpaired) electrons. The molecule has 0 aliphatic carbocycles. The van der Waals surface area contributed by atoms with E-state index in [4.69, 9.17) is 9.84 Å². The van der Waals surface area contributed by atoms with Crippen LogP contribution in [0.1, 0.15) is 58.2 Å². The number of aryl methyl sites for hydroxylation is 2. The summed E-state index contributed by atoms with van der Waals surface area (Å²) >= 11 is 1.39. The van der Waals surface area contributed by atoms with Crippen LogP contribution in [0.25, 0.3) is 10.6 Å². The van der Waals surface area contributed by atoms with E-state index >= 15 is 0 Å². The lowest BCUT2D eigenvalue weighted by Crippen LogP contribution is -2.10. The van der Waals surface area contributed by atoms with Gasteiger partial charge in [-0.05, 0) is 55.2 Å². The Morgan fingerprint density at radius 2 is 1.79 bits per heavy atom. The summed E-state index contributed by atoms with van der Waals surface area (Å²) in [5, 5.41) is 9.36. The van der Waals surface area contributed by atoms with Crippen molar-refractivity contribution in [3.05, 3.63) is 69.7 Å². The third-order valence-corrected chi connectivity index (χ3v) is 6.34. The quantitative estimate of drug-likeness (QED) is 0.344. The molecule has 0 aliphatic rings. The molecule has 1 heterocycles. The van der Waals surface area contributed by atoms with E-state index in [1.54, 1.807) is 25.1 Å². The number of nitrogens with zero attached hydrogens (tertiary/aromatic N) is 1. The first-order chi connectivity index (χ1) is 16.0. The number of hydrogen-bond acceptors (Lipinski definition) is 5. The molecule has 34 heavy (non-hydrogen) atoms. The number of carbonyl (C=O) groups is 2. The van der Waals surface area contributed by atoms with Crippen LogP contribution in [0.3, 0.4) is 0 Å². The van der Waals surface area contributed by atoms with Gasteiger partial charge in [-0.1, -0.05) is 26.0 Å². The SMILES string of the molecule is Cc1cc(C(=O)CCc2sc(-c3ccc(C(F)(F)F)cc3)nc2C(C)C)ccc1OCC(=O)O. The Morgan fingerprint density at radius 1 is 1.12 bits per heavy atom. The maximum Gasteiger partial charge on any atom is 0.416 e. The lowest BCUT2D eigenvalue weighted by Gasteiger charge is -2.09. The summed E-state index contributed by atoms with van der Waals surface area (Å²) in [6.07, 6.45) is -3.70. The van der Waals surface area contributed by atoms with Crippen molar-refractivity contribution in [1.29, 1.82) is 0 Å². The highest BCUT2D eigenvalue weighted by molar-refractivity contribution is 7.15. The van der Waals surface area contributed by atoms with Crippen molar-refractivity contribution in [2.75, 3.05) is 6.61 Å². The minimum atomic E-state index is -4.39. The zero-order valence-corrected chi connectivity index (χ0v) is 19.7. The standard InChI is InChI=1S/C25H24F3NO4S/c1-14(2)23-21(34-24(29-23)16-4-7-18(8-5-16)25(26,27)28)11-9-19(30)17-6-10-20(15(3)12-17)33-13-22(31)32/h4-8,10,12,14H,9,11,13H2,1-3H3,(H,31,32). The van der Waals surface area contributed by atoms with Crippen molar-refractivity contribution in [2.24, 2.45) is 0 Å². The van der Waals surface area contributed by atoms with E-state index in [-0.39, 0.29) is 18.1 Å². The number of carbonyl (C=O) groups excluding carboxylic acids is 1. The average Bonchev–Trinajstić information content (AvgIpc) is 3.20. The molecule has 0 amide bonds. The molecule has 0 unspecified atom stereocenters. The van der Waals surface area contributed by atoms with Crippen LogP contribution in [0.15, 0.2) is 42.5 Å². The third-order valence-electron chi connectivity index (χ3n) is 5.16. The molecule has 180 valence electrons. The van der Waals surface area contributed by atoms with Gasteiger partial charge in [-0.2, -0.15) is 13.2 Å². The van der Waals surface area contributed by atoms with Gasteiger partial charge in [0, 0.05) is 22.4 Å². The molecule has 1 aromatic heterocycles. The lowest BCUT2D eigenvalue weighted by molar-refractivity contribution is -0.139. The molecule has 0 bridgehead atoms. The van der Waals surface area contributed by atoms with Gasteiger partial charge in [0.05, 0.1) is 11.3 Å². The van der Waals surface area contributed by atoms with Crippen molar-refractivity contribution in [3.8, 4) is 16.3 Å². The fourth-order valence-corrected chi connectivity index (χ4v) is 4.64. The van der Waals surface area contributed by atoms with Crippen LogP contribution in [0.4, 0.5) is 13.2 Å². The lowest BCUT2D eigenvalue weighted by atomic mass is 10.0. The number of thiazole rings is 1. The molecule has 0 saturated heterocycles. The highest BCUT2D eigenvalue weighted by atomic mass is 32.1. The number of aromatic nitrogens is 1. The highest BCUT2D eigenvalue weighted by Gasteiger charge is 2.30. The second-order valence-electron chi connectivity index (χ2n) is 8.14. The van der Waals surface area contributed by atoms with Crippen molar-refractivity contribution in [1.82, 2.24) is 4.98 Å². The number of Topliss-reactive ketones (excluding diaryl/α,β-unsaturated/α-hetero) is 1. The van der Waals surface area contributed by atoms with Crippen LogP contribution in [-0.4, -0.2) is 28.4 Å². The molecule has 0 aliphatic heterocycles. The number of ketones is 1. The summed E-state index contributed by atoms with van der Waals surface area (Å²) in [5.41, 5.74) is 1.89. The number of aliphatic carboxylic acids is 1. The second-order valence-corrected chi connectivity index (χ2v) is 9.23. The number of halogens is 3. The Morgan fingerprint density at radius 3 is 2.35 bits per heavy atom. The molecule has 0 fully saturated rings. The summed E-state index contributed by atoms with van der Waals surface area (Å²) in [7, 11) is 0. The van der Waals surface area contributed by atoms with E-state index in [1.807, 2.05) is 13.8 Å². The Kier molecular flexibility index (Phi) is 7.76. The molecular formula is C25H24F3NO4S. The Balaban J connectivity index is 1.74. The monoisotopic (exact) mass is 491 g/mol. The number of hydrogen-bond donors (Lipinski definition) is 1. The van der Waals surface area contributed by atoms with E-state index in [0.717, 1.165) is 22.7 Å². The topological polar surface area (TPSA) is 76.5 Å². The van der Waals surface area contributed by atoms with Crippen molar-refractivity contribution in [2.45, 2.75) is 45.7 Å². The van der Waals surface area contributed by atoms with Crippen molar-refractivity contribution < 1.29 is 32.6 Å². The maximum atomic E-state index is 12.9. The van der Waals surface area contributed by atoms with E-state index in [9.17, 15) is 22.8 Å². The predicted molar refractivity (Wildman–Crippen MR) is 124 cm³/mol. The fraction of sp³-hybridized carbons (Fsp3) is 0.320. The zero-order chi connectivity index (χ0) is 25.0. The van der Waals surface area contributed by atoms with Crippen molar-refractivity contribution in [3.63, 3.8) is 0 Å². The smallest absolute Gasteiger partial charge is 0.416 e. The number of benzene rings is 2. The van der Waals surface area contributed by atoms with Crippen LogP contribution in [-0.2, 0) is 17.4 Å². The molecule has 5 nitrogen and oxygen atoms in total. The van der Waals surface area contributed by atoms with Crippen LogP contribution < -0.4 is 4.74 Å². The summed E-state index contributed by atoms with van der Waals surface area (Å²) in [6, 6.07) is 9.77. The number of ether oxygens (including phenoxy) is 1. The molecule has 0 atom stereocenters. The Bertz CT molecular complexity index is 1180. The molecular weight excluding hydrogens is 467 g/mol. The van der Waals surface area contributed by atoms with Gasteiger partial charge in [0.15, 0.2) is 12.4 Å². The van der Waals surface area contributed by atoms with Gasteiger partial charge in [-0.15, -0.1) is 11.3 Å². The first-order valence-corrected chi connectivity index (χ1v) is 11.4. The van der Waals surface area contributed by atoms with Gasteiger partial charge in [0.25, 0.3) is 0 Å². The van der Waals surface area contributed by atoms with Crippen LogP contribution in [0.2, 0.25) is 0 Å². The van der Waals surface area contributed by atoms with E-state index in [0.29, 0.717) is 33.9 Å². The molecule has 0 saturated carbocycles. The van der Waals surface area contributed by atoms with E-state index < -0.39 is 24.3 Å². The fourth-order valence-electron chi connectivity index (χ4n) is 3.41. The molecule has 3 rings (SSSR count). The molecule has 1 N–H and O–H groups in total. The Hall–Kier alpha value is -3.20. The highest BCUT2D eigenvalue weighted by Crippen LogP contribution is 2.35. The molecule has 2 aromatic carbocycles. The second kappa shape index (κ2) is 10.4. The number of carboxylic acids is 1. The minimum absolute atomic E-state index is 0.0768. The first kappa shape index (κ1) is 25.4. The normalized spacial score (nSPS) is 11.6.